The van der Waals surface area contributed by atoms with Gasteiger partial charge in [-0.1, -0.05) is 17.7 Å². The zero-order valence-corrected chi connectivity index (χ0v) is 14.0. The fourth-order valence-electron chi connectivity index (χ4n) is 2.02. The monoisotopic (exact) mass is 350 g/mol. The van der Waals surface area contributed by atoms with Gasteiger partial charge in [0.2, 0.25) is 0 Å². The largest absolute Gasteiger partial charge is 0.493 e. The first kappa shape index (κ1) is 15.6. The summed E-state index contributed by atoms with van der Waals surface area (Å²) in [6.07, 6.45) is 3.16. The Hall–Kier alpha value is -2.25. The average Bonchev–Trinajstić information content (AvgIpc) is 3.24. The lowest BCUT2D eigenvalue weighted by Gasteiger charge is -2.14. The minimum absolute atomic E-state index is 0.464. The van der Waals surface area contributed by atoms with Crippen molar-refractivity contribution in [2.45, 2.75) is 13.2 Å². The third-order valence-electron chi connectivity index (χ3n) is 3.11. The molecule has 8 heteroatoms. The molecule has 0 saturated carbocycles. The first-order chi connectivity index (χ1) is 11.3. The number of hydrogen-bond donors (Lipinski definition) is 1. The van der Waals surface area contributed by atoms with Gasteiger partial charge in [0, 0.05) is 4.88 Å². The van der Waals surface area contributed by atoms with E-state index in [4.69, 9.17) is 21.1 Å². The van der Waals surface area contributed by atoms with Gasteiger partial charge in [0.05, 0.1) is 18.7 Å². The zero-order chi connectivity index (χ0) is 16.1. The van der Waals surface area contributed by atoms with E-state index < -0.39 is 0 Å². The quantitative estimate of drug-likeness (QED) is 0.708. The Kier molecular flexibility index (Phi) is 4.99. The summed E-state index contributed by atoms with van der Waals surface area (Å²) in [5, 5.41) is 9.98. The molecule has 0 radical (unpaired) electrons. The number of benzene rings is 1. The fourth-order valence-corrected chi connectivity index (χ4v) is 2.92. The van der Waals surface area contributed by atoms with Gasteiger partial charge in [-0.25, -0.2) is 4.68 Å². The van der Waals surface area contributed by atoms with Gasteiger partial charge in [-0.15, -0.1) is 21.5 Å². The number of methoxy groups -OCH3 is 1. The van der Waals surface area contributed by atoms with E-state index in [1.54, 1.807) is 35.8 Å². The predicted octanol–water partition coefficient (Wildman–Crippen LogP) is 3.32. The number of ether oxygens (including phenoxy) is 2. The highest BCUT2D eigenvalue weighted by molar-refractivity contribution is 7.09. The molecule has 0 aliphatic heterocycles. The molecule has 1 N–H and O–H groups in total. The van der Waals surface area contributed by atoms with Gasteiger partial charge in [-0.2, -0.15) is 0 Å². The summed E-state index contributed by atoms with van der Waals surface area (Å²) in [5.41, 5.74) is 4.09. The Bertz CT molecular complexity index is 747. The maximum Gasteiger partial charge on any atom is 0.180 e. The summed E-state index contributed by atoms with van der Waals surface area (Å²) in [5.74, 6) is 1.16. The van der Waals surface area contributed by atoms with E-state index in [0.717, 1.165) is 10.4 Å². The minimum atomic E-state index is 0.464. The van der Waals surface area contributed by atoms with Crippen LogP contribution in [0.15, 0.2) is 42.3 Å². The van der Waals surface area contributed by atoms with Gasteiger partial charge < -0.3 is 14.9 Å². The highest BCUT2D eigenvalue weighted by Gasteiger charge is 2.12. The summed E-state index contributed by atoms with van der Waals surface area (Å²) in [6, 6.07) is 7.75. The molecular weight excluding hydrogens is 336 g/mol. The van der Waals surface area contributed by atoms with Crippen molar-refractivity contribution in [3.05, 3.63) is 57.8 Å². The van der Waals surface area contributed by atoms with Crippen molar-refractivity contribution in [2.75, 3.05) is 12.5 Å². The van der Waals surface area contributed by atoms with Crippen molar-refractivity contribution < 1.29 is 9.47 Å². The van der Waals surface area contributed by atoms with E-state index in [-0.39, 0.29) is 0 Å². The fraction of sp³-hybridized carbons (Fsp3) is 0.200. The molecule has 1 aromatic carbocycles. The van der Waals surface area contributed by atoms with E-state index >= 15 is 0 Å². The number of thiophene rings is 1. The normalized spacial score (nSPS) is 10.5. The second-order valence-electron chi connectivity index (χ2n) is 4.68. The van der Waals surface area contributed by atoms with Crippen LogP contribution >= 0.6 is 22.9 Å². The number of nitrogens with zero attached hydrogens (tertiary/aromatic N) is 3. The van der Waals surface area contributed by atoms with Crippen LogP contribution in [0.25, 0.3) is 0 Å². The van der Waals surface area contributed by atoms with Crippen molar-refractivity contribution in [3.8, 4) is 11.5 Å². The second-order valence-corrected chi connectivity index (χ2v) is 6.12. The van der Waals surface area contributed by atoms with Crippen LogP contribution in [0.3, 0.4) is 0 Å². The van der Waals surface area contributed by atoms with Gasteiger partial charge in [0.25, 0.3) is 0 Å². The van der Waals surface area contributed by atoms with Gasteiger partial charge in [0.1, 0.15) is 19.3 Å². The van der Waals surface area contributed by atoms with Crippen LogP contribution in [0.2, 0.25) is 5.02 Å². The van der Waals surface area contributed by atoms with Crippen LogP contribution in [-0.2, 0) is 13.2 Å². The topological polar surface area (TPSA) is 61.2 Å². The number of rotatable bonds is 7. The van der Waals surface area contributed by atoms with Crippen molar-refractivity contribution >= 4 is 22.9 Å². The molecule has 6 nitrogen and oxygen atoms in total. The molecule has 0 aliphatic rings. The van der Waals surface area contributed by atoms with Crippen molar-refractivity contribution in [3.63, 3.8) is 0 Å². The Labute approximate surface area is 142 Å². The van der Waals surface area contributed by atoms with E-state index in [9.17, 15) is 0 Å². The van der Waals surface area contributed by atoms with Gasteiger partial charge in [-0.3, -0.25) is 0 Å². The Morgan fingerprint density at radius 3 is 2.83 bits per heavy atom. The first-order valence-corrected chi connectivity index (χ1v) is 8.12. The molecule has 2 heterocycles. The van der Waals surface area contributed by atoms with E-state index in [2.05, 4.69) is 15.6 Å². The lowest BCUT2D eigenvalue weighted by atomic mass is 10.2. The molecule has 0 atom stereocenters. The molecule has 2 aromatic heterocycles. The van der Waals surface area contributed by atoms with Crippen molar-refractivity contribution in [1.29, 1.82) is 0 Å². The number of halogens is 1. The molecule has 0 aliphatic carbocycles. The van der Waals surface area contributed by atoms with Gasteiger partial charge in [0.15, 0.2) is 11.5 Å². The van der Waals surface area contributed by atoms with Crippen LogP contribution in [0.1, 0.15) is 10.4 Å². The minimum Gasteiger partial charge on any atom is -0.493 e. The summed E-state index contributed by atoms with van der Waals surface area (Å²) < 4.78 is 12.9. The second kappa shape index (κ2) is 7.34. The molecule has 0 bridgehead atoms. The van der Waals surface area contributed by atoms with Crippen LogP contribution in [0, 0.1) is 0 Å². The molecule has 0 unspecified atom stereocenters. The highest BCUT2D eigenvalue weighted by atomic mass is 35.5. The molecule has 0 spiro atoms. The SMILES string of the molecule is COc1cc(CNn2cnnc2)cc(Cl)c1OCc1cccs1. The third kappa shape index (κ3) is 3.94. The maximum absolute atomic E-state index is 6.35. The van der Waals surface area contributed by atoms with Crippen LogP contribution in [0.5, 0.6) is 11.5 Å². The molecule has 0 saturated heterocycles. The lowest BCUT2D eigenvalue weighted by molar-refractivity contribution is 0.287. The molecular formula is C15H15ClN4O2S. The Morgan fingerprint density at radius 2 is 2.13 bits per heavy atom. The third-order valence-corrected chi connectivity index (χ3v) is 4.24. The molecule has 3 rings (SSSR count). The molecule has 0 fully saturated rings. The summed E-state index contributed by atoms with van der Waals surface area (Å²) in [6.45, 7) is 1.02. The summed E-state index contributed by atoms with van der Waals surface area (Å²) in [4.78, 5) is 1.13. The first-order valence-electron chi connectivity index (χ1n) is 6.86. The summed E-state index contributed by atoms with van der Waals surface area (Å²) in [7, 11) is 1.60. The van der Waals surface area contributed by atoms with E-state index in [1.807, 2.05) is 29.6 Å². The lowest BCUT2D eigenvalue weighted by Crippen LogP contribution is -2.12. The standard InChI is InChI=1S/C15H15ClN4O2S/c1-21-14-6-11(7-19-20-9-17-18-10-20)5-13(16)15(14)22-8-12-3-2-4-23-12/h2-6,9-10,19H,7-8H2,1H3. The van der Waals surface area contributed by atoms with Gasteiger partial charge >= 0.3 is 0 Å². The average molecular weight is 351 g/mol. The number of hydrogen-bond acceptors (Lipinski definition) is 6. The van der Waals surface area contributed by atoms with Crippen molar-refractivity contribution in [2.24, 2.45) is 0 Å². The van der Waals surface area contributed by atoms with E-state index in [0.29, 0.717) is 29.7 Å². The number of nitrogens with one attached hydrogen (secondary N) is 1. The molecule has 3 aromatic rings. The zero-order valence-electron chi connectivity index (χ0n) is 12.4. The van der Waals surface area contributed by atoms with Crippen molar-refractivity contribution in [1.82, 2.24) is 14.9 Å². The van der Waals surface area contributed by atoms with Gasteiger partial charge in [-0.05, 0) is 29.1 Å². The molecule has 0 amide bonds. The molecule has 23 heavy (non-hydrogen) atoms. The smallest absolute Gasteiger partial charge is 0.180 e. The van der Waals surface area contributed by atoms with Crippen LogP contribution in [-0.4, -0.2) is 22.0 Å². The Morgan fingerprint density at radius 1 is 1.30 bits per heavy atom. The maximum atomic E-state index is 6.35. The van der Waals surface area contributed by atoms with Crippen LogP contribution in [0.4, 0.5) is 0 Å². The summed E-state index contributed by atoms with van der Waals surface area (Å²) >= 11 is 7.99. The van der Waals surface area contributed by atoms with Crippen LogP contribution < -0.4 is 14.9 Å². The number of aromatic nitrogens is 3. The molecule has 120 valence electrons. The Balaban J connectivity index is 1.72. The predicted molar refractivity (Wildman–Crippen MR) is 89.7 cm³/mol. The van der Waals surface area contributed by atoms with E-state index in [1.165, 1.54) is 0 Å². The highest BCUT2D eigenvalue weighted by Crippen LogP contribution is 2.37.